The highest BCUT2D eigenvalue weighted by molar-refractivity contribution is 8.01. The third kappa shape index (κ3) is 3.10. The number of aromatic amines is 1. The van der Waals surface area contributed by atoms with Gasteiger partial charge in [0.1, 0.15) is 22.0 Å². The number of halogens is 3. The molecule has 0 saturated carbocycles. The van der Waals surface area contributed by atoms with Crippen LogP contribution in [0.3, 0.4) is 0 Å². The Morgan fingerprint density at radius 1 is 1.19 bits per heavy atom. The zero-order chi connectivity index (χ0) is 19.3. The molecule has 142 valence electrons. The van der Waals surface area contributed by atoms with Crippen LogP contribution in [0.15, 0.2) is 16.3 Å². The summed E-state index contributed by atoms with van der Waals surface area (Å²) in [5.74, 6) is 1.99. The van der Waals surface area contributed by atoms with E-state index in [1.165, 1.54) is 17.8 Å². The molecule has 27 heavy (non-hydrogen) atoms. The zero-order valence-electron chi connectivity index (χ0n) is 14.8. The Morgan fingerprint density at radius 3 is 2.63 bits per heavy atom. The lowest BCUT2D eigenvalue weighted by molar-refractivity contribution is -0.134. The van der Waals surface area contributed by atoms with E-state index in [4.69, 9.17) is 0 Å². The molecule has 4 aromatic rings. The number of H-pyrrole nitrogens is 1. The van der Waals surface area contributed by atoms with Crippen LogP contribution in [0.5, 0.6) is 0 Å². The SMILES string of the molecule is CCSc1sc(C(F)(F)F)cc1-c1nc2cc3[nH]c(CC)nc3nc2n1C. The largest absolute Gasteiger partial charge is 0.425 e. The number of thioether (sulfide) groups is 1. The number of thiophene rings is 1. The Balaban J connectivity index is 1.91. The van der Waals surface area contributed by atoms with Crippen LogP contribution in [-0.2, 0) is 19.6 Å². The maximum atomic E-state index is 13.2. The van der Waals surface area contributed by atoms with Crippen molar-refractivity contribution in [3.63, 3.8) is 0 Å². The van der Waals surface area contributed by atoms with Crippen molar-refractivity contribution in [2.24, 2.45) is 7.05 Å². The normalized spacial score (nSPS) is 12.5. The highest BCUT2D eigenvalue weighted by Crippen LogP contribution is 2.44. The van der Waals surface area contributed by atoms with Gasteiger partial charge in [-0.25, -0.2) is 15.0 Å². The minimum Gasteiger partial charge on any atom is -0.341 e. The van der Waals surface area contributed by atoms with Gasteiger partial charge < -0.3 is 9.55 Å². The Bertz CT molecular complexity index is 1140. The lowest BCUT2D eigenvalue weighted by Crippen LogP contribution is -2.01. The van der Waals surface area contributed by atoms with Gasteiger partial charge in [0.25, 0.3) is 0 Å². The van der Waals surface area contributed by atoms with E-state index in [0.29, 0.717) is 38.2 Å². The predicted molar refractivity (Wildman–Crippen MR) is 102 cm³/mol. The van der Waals surface area contributed by atoms with Crippen LogP contribution in [0.2, 0.25) is 0 Å². The van der Waals surface area contributed by atoms with E-state index in [2.05, 4.69) is 19.9 Å². The van der Waals surface area contributed by atoms with Gasteiger partial charge in [-0.3, -0.25) is 0 Å². The molecule has 0 amide bonds. The van der Waals surface area contributed by atoms with Gasteiger partial charge in [-0.1, -0.05) is 13.8 Å². The number of hydrogen-bond donors (Lipinski definition) is 1. The topological polar surface area (TPSA) is 59.4 Å². The van der Waals surface area contributed by atoms with E-state index >= 15 is 0 Å². The molecule has 4 rings (SSSR count). The lowest BCUT2D eigenvalue weighted by atomic mass is 10.3. The van der Waals surface area contributed by atoms with Crippen LogP contribution >= 0.6 is 23.1 Å². The molecule has 0 aliphatic heterocycles. The number of aromatic nitrogens is 5. The van der Waals surface area contributed by atoms with Gasteiger partial charge in [0.15, 0.2) is 11.3 Å². The first-order chi connectivity index (χ1) is 12.8. The molecule has 1 N–H and O–H groups in total. The highest BCUT2D eigenvalue weighted by Gasteiger charge is 2.35. The molecular formula is C17H16F3N5S2. The first-order valence-electron chi connectivity index (χ1n) is 8.38. The molecular weight excluding hydrogens is 395 g/mol. The van der Waals surface area contributed by atoms with E-state index < -0.39 is 11.1 Å². The monoisotopic (exact) mass is 411 g/mol. The van der Waals surface area contributed by atoms with Gasteiger partial charge >= 0.3 is 6.18 Å². The summed E-state index contributed by atoms with van der Waals surface area (Å²) in [4.78, 5) is 16.1. The Morgan fingerprint density at radius 2 is 1.96 bits per heavy atom. The molecule has 0 bridgehead atoms. The molecule has 0 atom stereocenters. The first-order valence-corrected chi connectivity index (χ1v) is 10.2. The minimum absolute atomic E-state index is 0.476. The van der Waals surface area contributed by atoms with E-state index in [0.717, 1.165) is 29.1 Å². The fraction of sp³-hybridized carbons (Fsp3) is 0.353. The van der Waals surface area contributed by atoms with Crippen molar-refractivity contribution < 1.29 is 13.2 Å². The second-order valence-corrected chi connectivity index (χ2v) is 8.56. The maximum absolute atomic E-state index is 13.2. The number of imidazole rings is 2. The van der Waals surface area contributed by atoms with Gasteiger partial charge in [0.05, 0.1) is 9.73 Å². The van der Waals surface area contributed by atoms with Gasteiger partial charge in [-0.15, -0.1) is 23.1 Å². The van der Waals surface area contributed by atoms with E-state index in [1.807, 2.05) is 19.9 Å². The molecule has 4 aromatic heterocycles. The summed E-state index contributed by atoms with van der Waals surface area (Å²) in [6.07, 6.45) is -3.61. The zero-order valence-corrected chi connectivity index (χ0v) is 16.4. The number of hydrogen-bond acceptors (Lipinski definition) is 5. The number of rotatable bonds is 4. The fourth-order valence-corrected chi connectivity index (χ4v) is 5.09. The number of aryl methyl sites for hydroxylation is 2. The van der Waals surface area contributed by atoms with Crippen LogP contribution in [0.4, 0.5) is 13.2 Å². The summed E-state index contributed by atoms with van der Waals surface area (Å²) in [6.45, 7) is 3.91. The second-order valence-electron chi connectivity index (χ2n) is 5.98. The van der Waals surface area contributed by atoms with Crippen LogP contribution in [0.1, 0.15) is 24.5 Å². The summed E-state index contributed by atoms with van der Waals surface area (Å²) >= 11 is 2.15. The van der Waals surface area contributed by atoms with Gasteiger partial charge in [-0.05, 0) is 17.9 Å². The third-order valence-corrected chi connectivity index (χ3v) is 6.52. The summed E-state index contributed by atoms with van der Waals surface area (Å²) in [6, 6.07) is 3.03. The van der Waals surface area contributed by atoms with Crippen molar-refractivity contribution in [2.45, 2.75) is 30.7 Å². The smallest absolute Gasteiger partial charge is 0.341 e. The molecule has 0 saturated heterocycles. The molecule has 0 fully saturated rings. The molecule has 0 unspecified atom stereocenters. The van der Waals surface area contributed by atoms with E-state index in [9.17, 15) is 13.2 Å². The average molecular weight is 411 g/mol. The highest BCUT2D eigenvalue weighted by atomic mass is 32.2. The van der Waals surface area contributed by atoms with Crippen LogP contribution in [0, 0.1) is 0 Å². The van der Waals surface area contributed by atoms with Crippen LogP contribution < -0.4 is 0 Å². The van der Waals surface area contributed by atoms with Crippen molar-refractivity contribution in [1.29, 1.82) is 0 Å². The van der Waals surface area contributed by atoms with E-state index in [1.54, 1.807) is 11.6 Å². The molecule has 0 radical (unpaired) electrons. The third-order valence-electron chi connectivity index (χ3n) is 4.17. The molecule has 0 aliphatic rings. The van der Waals surface area contributed by atoms with Crippen molar-refractivity contribution in [1.82, 2.24) is 24.5 Å². The number of alkyl halides is 3. The first kappa shape index (κ1) is 18.3. The Hall–Kier alpha value is -2.07. The second kappa shape index (κ2) is 6.52. The average Bonchev–Trinajstić information content (AvgIpc) is 3.28. The van der Waals surface area contributed by atoms with Crippen molar-refractivity contribution in [3.8, 4) is 11.4 Å². The molecule has 0 aliphatic carbocycles. The van der Waals surface area contributed by atoms with Crippen molar-refractivity contribution in [2.75, 3.05) is 5.75 Å². The summed E-state index contributed by atoms with van der Waals surface area (Å²) in [7, 11) is 1.77. The lowest BCUT2D eigenvalue weighted by Gasteiger charge is -2.02. The number of fused-ring (bicyclic) bond motifs is 2. The minimum atomic E-state index is -4.37. The molecule has 0 spiro atoms. The fourth-order valence-electron chi connectivity index (χ4n) is 2.91. The van der Waals surface area contributed by atoms with E-state index in [-0.39, 0.29) is 0 Å². The molecule has 4 heterocycles. The molecule has 0 aromatic carbocycles. The number of nitrogens with one attached hydrogen (secondary N) is 1. The van der Waals surface area contributed by atoms with Crippen LogP contribution in [0.25, 0.3) is 33.7 Å². The number of nitrogens with zero attached hydrogens (tertiary/aromatic N) is 4. The summed E-state index contributed by atoms with van der Waals surface area (Å²) in [5.41, 5.74) is 3.06. The van der Waals surface area contributed by atoms with Gasteiger partial charge in [-0.2, -0.15) is 13.2 Å². The predicted octanol–water partition coefficient (Wildman–Crippen LogP) is 5.27. The Kier molecular flexibility index (Phi) is 4.42. The van der Waals surface area contributed by atoms with Crippen molar-refractivity contribution in [3.05, 3.63) is 22.8 Å². The van der Waals surface area contributed by atoms with Crippen molar-refractivity contribution >= 4 is 45.4 Å². The van der Waals surface area contributed by atoms with Crippen LogP contribution in [-0.4, -0.2) is 30.3 Å². The van der Waals surface area contributed by atoms with Gasteiger partial charge in [0.2, 0.25) is 0 Å². The summed E-state index contributed by atoms with van der Waals surface area (Å²) < 4.78 is 42.0. The Labute approximate surface area is 161 Å². The molecule has 10 heteroatoms. The molecule has 5 nitrogen and oxygen atoms in total. The maximum Gasteiger partial charge on any atom is 0.425 e. The summed E-state index contributed by atoms with van der Waals surface area (Å²) in [5, 5.41) is 0. The van der Waals surface area contributed by atoms with Gasteiger partial charge in [0, 0.05) is 19.0 Å². The standard InChI is InChI=1S/C17H16F3N5S2/c1-4-12-21-9-7-10-15(24-13(9)23-12)25(3)14(22-10)8-6-11(17(18,19)20)27-16(8)26-5-2/h6-7H,4-5H2,1-3H3,(H,21,23,24). The quantitative estimate of drug-likeness (QED) is 0.465. The number of pyridine rings is 1.